The second-order valence-electron chi connectivity index (χ2n) is 4.89. The molecule has 22 heavy (non-hydrogen) atoms. The van der Waals surface area contributed by atoms with Crippen LogP contribution in [-0.4, -0.2) is 16.3 Å². The van der Waals surface area contributed by atoms with E-state index < -0.39 is 5.97 Å². The first kappa shape index (κ1) is 15.8. The van der Waals surface area contributed by atoms with Crippen LogP contribution in [0.25, 0.3) is 0 Å². The molecule has 0 atom stereocenters. The maximum atomic E-state index is 11.1. The number of carboxylic acid groups (broad SMARTS) is 1. The summed E-state index contributed by atoms with van der Waals surface area (Å²) >= 11 is 0. The number of carbonyl (C=O) groups is 1. The molecule has 2 N–H and O–H groups in total. The summed E-state index contributed by atoms with van der Waals surface area (Å²) in [6.07, 6.45) is 0. The van der Waals surface area contributed by atoms with Gasteiger partial charge in [-0.3, -0.25) is 5.26 Å². The van der Waals surface area contributed by atoms with Crippen LogP contribution in [0.5, 0.6) is 0 Å². The number of nitrogens with zero attached hydrogens (tertiary/aromatic N) is 2. The second kappa shape index (κ2) is 6.93. The van der Waals surface area contributed by atoms with E-state index in [9.17, 15) is 4.79 Å². The van der Waals surface area contributed by atoms with Crippen molar-refractivity contribution in [3.63, 3.8) is 0 Å². The SMILES string of the molecule is Cc1ccc(N=Nc2ccc(C)c(C(=O)O)c2)cc1COO. The minimum absolute atomic E-state index is 0.0723. The largest absolute Gasteiger partial charge is 0.478 e. The number of aryl methyl sites for hydroxylation is 2. The van der Waals surface area contributed by atoms with Crippen LogP contribution in [0, 0.1) is 13.8 Å². The number of hydrogen-bond acceptors (Lipinski definition) is 5. The van der Waals surface area contributed by atoms with Crippen LogP contribution in [0.3, 0.4) is 0 Å². The lowest BCUT2D eigenvalue weighted by atomic mass is 10.1. The molecule has 0 aromatic heterocycles. The Morgan fingerprint density at radius 2 is 1.64 bits per heavy atom. The third kappa shape index (κ3) is 3.75. The zero-order chi connectivity index (χ0) is 16.1. The highest BCUT2D eigenvalue weighted by molar-refractivity contribution is 5.90. The van der Waals surface area contributed by atoms with Gasteiger partial charge in [0.1, 0.15) is 6.61 Å². The van der Waals surface area contributed by atoms with E-state index in [1.807, 2.05) is 13.0 Å². The Balaban J connectivity index is 2.27. The van der Waals surface area contributed by atoms with Gasteiger partial charge in [0, 0.05) is 0 Å². The molecule has 0 unspecified atom stereocenters. The summed E-state index contributed by atoms with van der Waals surface area (Å²) in [5.74, 6) is -0.993. The molecule has 2 aromatic rings. The number of azo groups is 1. The zero-order valence-electron chi connectivity index (χ0n) is 12.3. The van der Waals surface area contributed by atoms with E-state index in [2.05, 4.69) is 15.1 Å². The van der Waals surface area contributed by atoms with Gasteiger partial charge in [0.25, 0.3) is 0 Å². The fourth-order valence-corrected chi connectivity index (χ4v) is 1.96. The summed E-state index contributed by atoms with van der Waals surface area (Å²) in [6.45, 7) is 3.70. The van der Waals surface area contributed by atoms with Crippen LogP contribution in [0.15, 0.2) is 46.6 Å². The zero-order valence-corrected chi connectivity index (χ0v) is 12.3. The van der Waals surface area contributed by atoms with Crippen molar-refractivity contribution in [3.05, 3.63) is 58.7 Å². The molecule has 0 aliphatic rings. The quantitative estimate of drug-likeness (QED) is 0.486. The molecule has 0 radical (unpaired) electrons. The van der Waals surface area contributed by atoms with Crippen molar-refractivity contribution in [2.75, 3.05) is 0 Å². The van der Waals surface area contributed by atoms with Gasteiger partial charge in [-0.1, -0.05) is 12.1 Å². The van der Waals surface area contributed by atoms with E-state index >= 15 is 0 Å². The highest BCUT2D eigenvalue weighted by Crippen LogP contribution is 2.23. The van der Waals surface area contributed by atoms with E-state index in [0.717, 1.165) is 11.1 Å². The topological polar surface area (TPSA) is 91.5 Å². The maximum absolute atomic E-state index is 11.1. The molecular weight excluding hydrogens is 284 g/mol. The molecule has 0 saturated heterocycles. The predicted octanol–water partition coefficient (Wildman–Crippen LogP) is 4.41. The molecule has 0 aliphatic carbocycles. The van der Waals surface area contributed by atoms with Gasteiger partial charge in [-0.2, -0.15) is 10.2 Å². The summed E-state index contributed by atoms with van der Waals surface area (Å²) in [6, 6.07) is 10.3. The number of hydrogen-bond donors (Lipinski definition) is 2. The lowest BCUT2D eigenvalue weighted by Gasteiger charge is -2.04. The minimum atomic E-state index is -0.993. The summed E-state index contributed by atoms with van der Waals surface area (Å²) in [4.78, 5) is 15.2. The molecule has 0 amide bonds. The summed E-state index contributed by atoms with van der Waals surface area (Å²) < 4.78 is 0. The summed E-state index contributed by atoms with van der Waals surface area (Å²) in [5.41, 5.74) is 3.70. The first-order valence-electron chi connectivity index (χ1n) is 6.63. The third-order valence-corrected chi connectivity index (χ3v) is 3.29. The number of carboxylic acids is 1. The van der Waals surface area contributed by atoms with Crippen LogP contribution in [0.4, 0.5) is 11.4 Å². The molecule has 6 nitrogen and oxygen atoms in total. The Hall–Kier alpha value is -2.57. The van der Waals surface area contributed by atoms with E-state index in [-0.39, 0.29) is 12.2 Å². The molecule has 0 spiro atoms. The van der Waals surface area contributed by atoms with Crippen molar-refractivity contribution in [1.82, 2.24) is 0 Å². The molecule has 0 saturated carbocycles. The Morgan fingerprint density at radius 1 is 1.05 bits per heavy atom. The van der Waals surface area contributed by atoms with Crippen molar-refractivity contribution in [3.8, 4) is 0 Å². The fourth-order valence-electron chi connectivity index (χ4n) is 1.96. The van der Waals surface area contributed by atoms with E-state index in [0.29, 0.717) is 16.9 Å². The highest BCUT2D eigenvalue weighted by Gasteiger charge is 2.07. The Bertz CT molecular complexity index is 726. The number of rotatable bonds is 5. The van der Waals surface area contributed by atoms with Crippen molar-refractivity contribution in [2.24, 2.45) is 10.2 Å². The Morgan fingerprint density at radius 3 is 2.23 bits per heavy atom. The predicted molar refractivity (Wildman–Crippen MR) is 80.9 cm³/mol. The summed E-state index contributed by atoms with van der Waals surface area (Å²) in [7, 11) is 0. The van der Waals surface area contributed by atoms with Crippen LogP contribution < -0.4 is 0 Å². The second-order valence-corrected chi connectivity index (χ2v) is 4.89. The van der Waals surface area contributed by atoms with Crippen molar-refractivity contribution in [2.45, 2.75) is 20.5 Å². The third-order valence-electron chi connectivity index (χ3n) is 3.29. The van der Waals surface area contributed by atoms with E-state index in [1.165, 1.54) is 6.07 Å². The Labute approximate surface area is 127 Å². The molecule has 0 aliphatic heterocycles. The van der Waals surface area contributed by atoms with Crippen molar-refractivity contribution >= 4 is 17.3 Å². The monoisotopic (exact) mass is 300 g/mol. The molecule has 2 rings (SSSR count). The van der Waals surface area contributed by atoms with Crippen molar-refractivity contribution in [1.29, 1.82) is 0 Å². The molecular formula is C16H16N2O4. The molecule has 2 aromatic carbocycles. The van der Waals surface area contributed by atoms with E-state index in [4.69, 9.17) is 10.4 Å². The van der Waals surface area contributed by atoms with Gasteiger partial charge in [-0.05, 0) is 54.8 Å². The molecule has 0 bridgehead atoms. The van der Waals surface area contributed by atoms with Crippen LogP contribution in [0.1, 0.15) is 27.0 Å². The van der Waals surface area contributed by atoms with Gasteiger partial charge in [0.2, 0.25) is 0 Å². The Kier molecular flexibility index (Phi) is 4.98. The van der Waals surface area contributed by atoms with Gasteiger partial charge in [-0.25, -0.2) is 9.68 Å². The first-order chi connectivity index (χ1) is 10.5. The maximum Gasteiger partial charge on any atom is 0.336 e. The molecule has 0 heterocycles. The van der Waals surface area contributed by atoms with Crippen molar-refractivity contribution < 1.29 is 20.0 Å². The van der Waals surface area contributed by atoms with Crippen LogP contribution in [-0.2, 0) is 11.5 Å². The lowest BCUT2D eigenvalue weighted by molar-refractivity contribution is -0.253. The van der Waals surface area contributed by atoms with Gasteiger partial charge in [-0.15, -0.1) is 0 Å². The molecule has 6 heteroatoms. The van der Waals surface area contributed by atoms with Crippen LogP contribution in [0.2, 0.25) is 0 Å². The lowest BCUT2D eigenvalue weighted by Crippen LogP contribution is -1.98. The average Bonchev–Trinajstić information content (AvgIpc) is 2.49. The van der Waals surface area contributed by atoms with Gasteiger partial charge < -0.3 is 5.11 Å². The average molecular weight is 300 g/mol. The van der Waals surface area contributed by atoms with Gasteiger partial charge in [0.15, 0.2) is 0 Å². The fraction of sp³-hybridized carbons (Fsp3) is 0.188. The normalized spacial score (nSPS) is 11.0. The molecule has 0 fully saturated rings. The highest BCUT2D eigenvalue weighted by atomic mass is 17.1. The standard InChI is InChI=1S/C16H16N2O4/c1-10-3-5-13(7-12(10)9-22-21)17-18-14-6-4-11(2)15(8-14)16(19)20/h3-8,21H,9H2,1-2H3,(H,19,20). The van der Waals surface area contributed by atoms with Gasteiger partial charge in [0.05, 0.1) is 16.9 Å². The number of benzene rings is 2. The van der Waals surface area contributed by atoms with Crippen LogP contribution >= 0.6 is 0 Å². The smallest absolute Gasteiger partial charge is 0.336 e. The minimum Gasteiger partial charge on any atom is -0.478 e. The van der Waals surface area contributed by atoms with Gasteiger partial charge >= 0.3 is 5.97 Å². The molecule has 114 valence electrons. The van der Waals surface area contributed by atoms with E-state index in [1.54, 1.807) is 31.2 Å². The summed E-state index contributed by atoms with van der Waals surface area (Å²) in [5, 5.41) is 25.8. The number of aromatic carboxylic acids is 1. The first-order valence-corrected chi connectivity index (χ1v) is 6.63.